The van der Waals surface area contributed by atoms with Crippen LogP contribution in [0.4, 0.5) is 0 Å². The standard InChI is InChI=1S/C13H15BrN2O5S/c1-13(12(18)19)4-5-16(7-13)11(17)9-6-8(22(15,20)21)2-3-10(9)14/h2-3,6H,4-5,7H2,1H3,(H,18,19)(H2,15,20,21)/t13-/m0/s1. The third-order valence-electron chi connectivity index (χ3n) is 3.77. The van der Waals surface area contributed by atoms with E-state index in [1.165, 1.54) is 23.1 Å². The van der Waals surface area contributed by atoms with E-state index in [2.05, 4.69) is 15.9 Å². The molecule has 7 nitrogen and oxygen atoms in total. The maximum absolute atomic E-state index is 12.5. The Morgan fingerprint density at radius 1 is 1.41 bits per heavy atom. The average Bonchev–Trinajstić information content (AvgIpc) is 2.81. The fourth-order valence-electron chi connectivity index (χ4n) is 2.32. The normalized spacial score (nSPS) is 21.9. The van der Waals surface area contributed by atoms with E-state index in [4.69, 9.17) is 5.14 Å². The van der Waals surface area contributed by atoms with Crippen molar-refractivity contribution in [1.29, 1.82) is 0 Å². The second-order valence-electron chi connectivity index (χ2n) is 5.53. The van der Waals surface area contributed by atoms with Crippen LogP contribution < -0.4 is 5.14 Å². The molecule has 22 heavy (non-hydrogen) atoms. The van der Waals surface area contributed by atoms with Crippen molar-refractivity contribution >= 4 is 37.8 Å². The van der Waals surface area contributed by atoms with Crippen molar-refractivity contribution in [2.24, 2.45) is 10.6 Å². The van der Waals surface area contributed by atoms with Crippen molar-refractivity contribution in [1.82, 2.24) is 4.90 Å². The number of hydrogen-bond acceptors (Lipinski definition) is 4. The Morgan fingerprint density at radius 2 is 2.05 bits per heavy atom. The molecule has 1 aromatic carbocycles. The van der Waals surface area contributed by atoms with Gasteiger partial charge in [0.2, 0.25) is 10.0 Å². The molecule has 0 saturated carbocycles. The number of carbonyl (C=O) groups excluding carboxylic acids is 1. The molecule has 0 bridgehead atoms. The van der Waals surface area contributed by atoms with E-state index in [0.29, 0.717) is 17.4 Å². The number of halogens is 1. The van der Waals surface area contributed by atoms with Crippen molar-refractivity contribution in [3.05, 3.63) is 28.2 Å². The maximum atomic E-state index is 12.5. The summed E-state index contributed by atoms with van der Waals surface area (Å²) in [4.78, 5) is 25.0. The monoisotopic (exact) mass is 390 g/mol. The molecule has 1 fully saturated rings. The quantitative estimate of drug-likeness (QED) is 0.798. The smallest absolute Gasteiger partial charge is 0.311 e. The highest BCUT2D eigenvalue weighted by molar-refractivity contribution is 9.10. The number of carboxylic acid groups (broad SMARTS) is 1. The molecule has 3 N–H and O–H groups in total. The molecule has 1 aliphatic heterocycles. The van der Waals surface area contributed by atoms with E-state index in [1.54, 1.807) is 6.92 Å². The summed E-state index contributed by atoms with van der Waals surface area (Å²) in [6.45, 7) is 1.96. The van der Waals surface area contributed by atoms with Crippen molar-refractivity contribution in [2.45, 2.75) is 18.2 Å². The molecule has 1 aliphatic rings. The minimum absolute atomic E-state index is 0.0766. The molecule has 1 aromatic rings. The lowest BCUT2D eigenvalue weighted by atomic mass is 9.90. The van der Waals surface area contributed by atoms with Crippen molar-refractivity contribution in [3.63, 3.8) is 0 Å². The number of hydrogen-bond donors (Lipinski definition) is 2. The van der Waals surface area contributed by atoms with Gasteiger partial charge in [-0.1, -0.05) is 0 Å². The molecule has 1 amide bonds. The van der Waals surface area contributed by atoms with Gasteiger partial charge >= 0.3 is 5.97 Å². The number of sulfonamides is 1. The van der Waals surface area contributed by atoms with Crippen LogP contribution >= 0.6 is 15.9 Å². The van der Waals surface area contributed by atoms with Gasteiger partial charge in [-0.05, 0) is 47.5 Å². The van der Waals surface area contributed by atoms with Crippen LogP contribution in [0.3, 0.4) is 0 Å². The lowest BCUT2D eigenvalue weighted by Crippen LogP contribution is -2.35. The number of rotatable bonds is 3. The zero-order valence-corrected chi connectivity index (χ0v) is 14.1. The van der Waals surface area contributed by atoms with Gasteiger partial charge in [0.25, 0.3) is 5.91 Å². The van der Waals surface area contributed by atoms with Crippen molar-refractivity contribution in [3.8, 4) is 0 Å². The van der Waals surface area contributed by atoms with Gasteiger partial charge in [-0.2, -0.15) is 0 Å². The van der Waals surface area contributed by atoms with Gasteiger partial charge in [0, 0.05) is 17.6 Å². The van der Waals surface area contributed by atoms with E-state index in [9.17, 15) is 23.1 Å². The lowest BCUT2D eigenvalue weighted by molar-refractivity contribution is -0.147. The van der Waals surface area contributed by atoms with Gasteiger partial charge in [-0.3, -0.25) is 9.59 Å². The van der Waals surface area contributed by atoms with Gasteiger partial charge in [0.1, 0.15) is 0 Å². The molecule has 0 radical (unpaired) electrons. The summed E-state index contributed by atoms with van der Waals surface area (Å²) in [6, 6.07) is 3.92. The summed E-state index contributed by atoms with van der Waals surface area (Å²) >= 11 is 3.20. The molecule has 1 atom stereocenters. The number of nitrogens with two attached hydrogens (primary N) is 1. The molecule has 120 valence electrons. The maximum Gasteiger partial charge on any atom is 0.311 e. The molecule has 0 aliphatic carbocycles. The van der Waals surface area contributed by atoms with Crippen molar-refractivity contribution in [2.75, 3.05) is 13.1 Å². The van der Waals surface area contributed by atoms with Crippen LogP contribution in [0, 0.1) is 5.41 Å². The summed E-state index contributed by atoms with van der Waals surface area (Å²) in [6.07, 6.45) is 0.348. The van der Waals surface area contributed by atoms with E-state index in [0.717, 1.165) is 0 Å². The SMILES string of the molecule is C[C@]1(C(=O)O)CCN(C(=O)c2cc(S(N)(=O)=O)ccc2Br)C1. The number of amides is 1. The van der Waals surface area contributed by atoms with E-state index < -0.39 is 27.3 Å². The minimum Gasteiger partial charge on any atom is -0.481 e. The Labute approximate surface area is 136 Å². The zero-order valence-electron chi connectivity index (χ0n) is 11.7. The van der Waals surface area contributed by atoms with E-state index >= 15 is 0 Å². The van der Waals surface area contributed by atoms with Crippen molar-refractivity contribution < 1.29 is 23.1 Å². The average molecular weight is 391 g/mol. The number of carbonyl (C=O) groups is 2. The first-order valence-corrected chi connectivity index (χ1v) is 8.73. The van der Waals surface area contributed by atoms with Crippen LogP contribution in [0.2, 0.25) is 0 Å². The molecule has 0 unspecified atom stereocenters. The predicted octanol–water partition coefficient (Wildman–Crippen LogP) is 1.03. The highest BCUT2D eigenvalue weighted by Crippen LogP contribution is 2.32. The van der Waals surface area contributed by atoms with Gasteiger partial charge < -0.3 is 10.0 Å². The third kappa shape index (κ3) is 3.16. The first-order chi connectivity index (χ1) is 10.0. The molecule has 2 rings (SSSR count). The number of likely N-dealkylation sites (tertiary alicyclic amines) is 1. The summed E-state index contributed by atoms with van der Waals surface area (Å²) in [7, 11) is -3.92. The number of nitrogens with zero attached hydrogens (tertiary/aromatic N) is 1. The topological polar surface area (TPSA) is 118 Å². The summed E-state index contributed by atoms with van der Waals surface area (Å²) in [5.41, 5.74) is -0.846. The zero-order chi connectivity index (χ0) is 16.7. The Kier molecular flexibility index (Phi) is 4.33. The molecular formula is C13H15BrN2O5S. The molecular weight excluding hydrogens is 376 g/mol. The predicted molar refractivity (Wildman–Crippen MR) is 81.8 cm³/mol. The fraction of sp³-hybridized carbons (Fsp3) is 0.385. The minimum atomic E-state index is -3.92. The number of benzene rings is 1. The van der Waals surface area contributed by atoms with Gasteiger partial charge in [-0.15, -0.1) is 0 Å². The fourth-order valence-corrected chi connectivity index (χ4v) is 3.28. The van der Waals surface area contributed by atoms with E-state index in [1.807, 2.05) is 0 Å². The van der Waals surface area contributed by atoms with Crippen LogP contribution in [-0.4, -0.2) is 43.4 Å². The summed E-state index contributed by atoms with van der Waals surface area (Å²) < 4.78 is 23.2. The van der Waals surface area contributed by atoms with Crippen LogP contribution in [0.5, 0.6) is 0 Å². The largest absolute Gasteiger partial charge is 0.481 e. The first kappa shape index (κ1) is 16.9. The summed E-state index contributed by atoms with van der Waals surface area (Å²) in [5, 5.41) is 14.3. The van der Waals surface area contributed by atoms with Gasteiger partial charge in [0.05, 0.1) is 15.9 Å². The Bertz CT molecular complexity index is 749. The number of aliphatic carboxylic acids is 1. The Morgan fingerprint density at radius 3 is 2.55 bits per heavy atom. The van der Waals surface area contributed by atoms with Gasteiger partial charge in [-0.25, -0.2) is 13.6 Å². The van der Waals surface area contributed by atoms with Crippen LogP contribution in [-0.2, 0) is 14.8 Å². The molecule has 0 spiro atoms. The Hall–Kier alpha value is -1.45. The summed E-state index contributed by atoms with van der Waals surface area (Å²) in [5.74, 6) is -1.39. The second kappa shape index (κ2) is 5.64. The highest BCUT2D eigenvalue weighted by Gasteiger charge is 2.42. The second-order valence-corrected chi connectivity index (χ2v) is 7.94. The van der Waals surface area contributed by atoms with E-state index in [-0.39, 0.29) is 17.0 Å². The van der Waals surface area contributed by atoms with Crippen LogP contribution in [0.25, 0.3) is 0 Å². The van der Waals surface area contributed by atoms with Gasteiger partial charge in [0.15, 0.2) is 0 Å². The molecule has 0 aromatic heterocycles. The first-order valence-electron chi connectivity index (χ1n) is 6.40. The molecule has 1 saturated heterocycles. The lowest BCUT2D eigenvalue weighted by Gasteiger charge is -2.20. The molecule has 9 heteroatoms. The van der Waals surface area contributed by atoms with Crippen LogP contribution in [0.15, 0.2) is 27.6 Å². The Balaban J connectivity index is 2.33. The molecule has 1 heterocycles. The number of primary sulfonamides is 1. The third-order valence-corrected chi connectivity index (χ3v) is 5.38. The van der Waals surface area contributed by atoms with Crippen LogP contribution in [0.1, 0.15) is 23.7 Å². The highest BCUT2D eigenvalue weighted by atomic mass is 79.9. The number of carboxylic acids is 1.